The van der Waals surface area contributed by atoms with E-state index < -0.39 is 6.04 Å². The molecule has 1 aliphatic heterocycles. The second-order valence-electron chi connectivity index (χ2n) is 7.86. The molecule has 0 bridgehead atoms. The third-order valence-electron chi connectivity index (χ3n) is 5.43. The molecule has 0 fully saturated rings. The first kappa shape index (κ1) is 21.9. The van der Waals surface area contributed by atoms with Gasteiger partial charge in [0, 0.05) is 23.7 Å². The highest BCUT2D eigenvalue weighted by Crippen LogP contribution is 2.38. The van der Waals surface area contributed by atoms with Gasteiger partial charge in [-0.05, 0) is 37.0 Å². The van der Waals surface area contributed by atoms with Crippen LogP contribution in [0.2, 0.25) is 0 Å². The minimum absolute atomic E-state index is 0.101. The number of nitrogens with one attached hydrogen (secondary N) is 1. The fraction of sp³-hybridized carbons (Fsp3) is 0.440. The summed E-state index contributed by atoms with van der Waals surface area (Å²) in [5.41, 5.74) is 3.91. The smallest absolute Gasteiger partial charge is 0.254 e. The Hall–Kier alpha value is -2.82. The van der Waals surface area contributed by atoms with Gasteiger partial charge in [-0.15, -0.1) is 0 Å². The first-order valence-electron chi connectivity index (χ1n) is 11.0. The fourth-order valence-corrected chi connectivity index (χ4v) is 3.80. The van der Waals surface area contributed by atoms with E-state index in [4.69, 9.17) is 4.74 Å². The van der Waals surface area contributed by atoms with Gasteiger partial charge in [0.25, 0.3) is 5.91 Å². The summed E-state index contributed by atoms with van der Waals surface area (Å²) in [5.74, 6) is 0.502. The number of hydrogen-bond acceptors (Lipinski definition) is 3. The summed E-state index contributed by atoms with van der Waals surface area (Å²) < 4.78 is 5.96. The molecule has 5 heteroatoms. The summed E-state index contributed by atoms with van der Waals surface area (Å²) >= 11 is 0. The average Bonchev–Trinajstić information content (AvgIpc) is 2.98. The zero-order valence-corrected chi connectivity index (χ0v) is 18.2. The summed E-state index contributed by atoms with van der Waals surface area (Å²) in [6.45, 7) is 6.82. The zero-order valence-electron chi connectivity index (χ0n) is 18.2. The lowest BCUT2D eigenvalue weighted by Gasteiger charge is -2.20. The van der Waals surface area contributed by atoms with Crippen LogP contribution in [-0.2, 0) is 22.6 Å². The third kappa shape index (κ3) is 5.02. The van der Waals surface area contributed by atoms with E-state index in [1.807, 2.05) is 30.3 Å². The van der Waals surface area contributed by atoms with Crippen LogP contribution < -0.4 is 15.0 Å². The molecule has 0 aromatic heterocycles. The second kappa shape index (κ2) is 10.3. The van der Waals surface area contributed by atoms with Gasteiger partial charge in [-0.25, -0.2) is 0 Å². The number of unbranched alkanes of at least 4 members (excludes halogenated alkanes) is 2. The second-order valence-corrected chi connectivity index (χ2v) is 7.86. The quantitative estimate of drug-likeness (QED) is 0.567. The number of fused-ring (bicyclic) bond motifs is 1. The number of nitrogens with zero attached hydrogens (tertiary/aromatic N) is 1. The molecule has 5 nitrogen and oxygen atoms in total. The molecule has 160 valence electrons. The summed E-state index contributed by atoms with van der Waals surface area (Å²) in [5, 5.41) is 2.84. The summed E-state index contributed by atoms with van der Waals surface area (Å²) in [4.78, 5) is 26.8. The van der Waals surface area contributed by atoms with E-state index in [0.717, 1.165) is 54.7 Å². The van der Waals surface area contributed by atoms with E-state index in [1.54, 1.807) is 4.90 Å². The Morgan fingerprint density at radius 3 is 2.60 bits per heavy atom. The normalized spacial score (nSPS) is 15.2. The van der Waals surface area contributed by atoms with Crippen molar-refractivity contribution in [3.05, 3.63) is 59.2 Å². The predicted octanol–water partition coefficient (Wildman–Crippen LogP) is 4.93. The topological polar surface area (TPSA) is 58.6 Å². The molecular weight excluding hydrogens is 376 g/mol. The number of carbonyl (C=O) groups is 2. The standard InChI is InChI=1S/C25H32N2O3/c1-4-6-10-19-13-14-22-21(16-19)24(26-18(3)28)25(29)27(22)17-20-11-8-9-12-23(20)30-15-7-5-2/h8-9,11-14,16,24H,4-7,10,15,17H2,1-3H3,(H,26,28). The lowest BCUT2D eigenvalue weighted by molar-refractivity contribution is -0.126. The van der Waals surface area contributed by atoms with Crippen LogP contribution in [0.15, 0.2) is 42.5 Å². The molecule has 0 aliphatic carbocycles. The Balaban J connectivity index is 1.89. The van der Waals surface area contributed by atoms with Crippen LogP contribution in [0, 0.1) is 0 Å². The number of ether oxygens (including phenoxy) is 1. The van der Waals surface area contributed by atoms with E-state index >= 15 is 0 Å². The molecule has 3 rings (SSSR count). The number of aryl methyl sites for hydroxylation is 1. The molecule has 1 heterocycles. The van der Waals surface area contributed by atoms with Crippen molar-refractivity contribution < 1.29 is 14.3 Å². The number of benzene rings is 2. The van der Waals surface area contributed by atoms with Gasteiger partial charge in [-0.2, -0.15) is 0 Å². The molecule has 0 saturated heterocycles. The van der Waals surface area contributed by atoms with Crippen molar-refractivity contribution in [3.63, 3.8) is 0 Å². The van der Waals surface area contributed by atoms with Crippen LogP contribution in [0.1, 0.15) is 69.2 Å². The molecule has 1 unspecified atom stereocenters. The van der Waals surface area contributed by atoms with E-state index in [1.165, 1.54) is 12.5 Å². The van der Waals surface area contributed by atoms with Crippen molar-refractivity contribution >= 4 is 17.5 Å². The van der Waals surface area contributed by atoms with Crippen LogP contribution in [0.25, 0.3) is 0 Å². The van der Waals surface area contributed by atoms with Gasteiger partial charge in [-0.1, -0.05) is 57.0 Å². The van der Waals surface area contributed by atoms with E-state index in [0.29, 0.717) is 13.2 Å². The van der Waals surface area contributed by atoms with E-state index in [2.05, 4.69) is 31.3 Å². The van der Waals surface area contributed by atoms with Crippen LogP contribution in [0.4, 0.5) is 5.69 Å². The lowest BCUT2D eigenvalue weighted by atomic mass is 10.0. The van der Waals surface area contributed by atoms with Crippen molar-refractivity contribution in [2.75, 3.05) is 11.5 Å². The van der Waals surface area contributed by atoms with Crippen LogP contribution in [-0.4, -0.2) is 18.4 Å². The number of rotatable bonds is 10. The third-order valence-corrected chi connectivity index (χ3v) is 5.43. The summed E-state index contributed by atoms with van der Waals surface area (Å²) in [6.07, 6.45) is 5.25. The monoisotopic (exact) mass is 408 g/mol. The molecule has 30 heavy (non-hydrogen) atoms. The molecule has 2 aromatic carbocycles. The average molecular weight is 409 g/mol. The molecular formula is C25H32N2O3. The number of amides is 2. The van der Waals surface area contributed by atoms with Crippen molar-refractivity contribution in [1.29, 1.82) is 0 Å². The molecule has 0 saturated carbocycles. The Morgan fingerprint density at radius 1 is 1.10 bits per heavy atom. The van der Waals surface area contributed by atoms with Crippen molar-refractivity contribution in [2.45, 2.75) is 65.5 Å². The zero-order chi connectivity index (χ0) is 21.5. The Bertz CT molecular complexity index is 894. The van der Waals surface area contributed by atoms with Crippen molar-refractivity contribution in [3.8, 4) is 5.75 Å². The van der Waals surface area contributed by atoms with E-state index in [9.17, 15) is 9.59 Å². The first-order chi connectivity index (χ1) is 14.5. The predicted molar refractivity (Wildman–Crippen MR) is 120 cm³/mol. The minimum atomic E-state index is -0.632. The van der Waals surface area contributed by atoms with Crippen LogP contribution >= 0.6 is 0 Å². The molecule has 0 radical (unpaired) electrons. The highest BCUT2D eigenvalue weighted by Gasteiger charge is 2.38. The Labute approximate surface area is 179 Å². The van der Waals surface area contributed by atoms with Gasteiger partial charge < -0.3 is 15.0 Å². The van der Waals surface area contributed by atoms with Crippen molar-refractivity contribution in [1.82, 2.24) is 5.32 Å². The molecule has 1 aliphatic rings. The SMILES string of the molecule is CCCCOc1ccccc1CN1C(=O)C(NC(C)=O)c2cc(CCCC)ccc21. The van der Waals surface area contributed by atoms with Gasteiger partial charge in [0.05, 0.1) is 13.2 Å². The highest BCUT2D eigenvalue weighted by atomic mass is 16.5. The molecule has 2 aromatic rings. The summed E-state index contributed by atoms with van der Waals surface area (Å²) in [6, 6.07) is 13.4. The highest BCUT2D eigenvalue weighted by molar-refractivity contribution is 6.06. The molecule has 0 spiro atoms. The number of hydrogen-bond donors (Lipinski definition) is 1. The molecule has 2 amide bonds. The number of carbonyl (C=O) groups excluding carboxylic acids is 2. The van der Waals surface area contributed by atoms with Gasteiger partial charge in [-0.3, -0.25) is 9.59 Å². The van der Waals surface area contributed by atoms with Gasteiger partial charge in [0.2, 0.25) is 5.91 Å². The van der Waals surface area contributed by atoms with Crippen LogP contribution in [0.3, 0.4) is 0 Å². The van der Waals surface area contributed by atoms with E-state index in [-0.39, 0.29) is 11.8 Å². The maximum Gasteiger partial charge on any atom is 0.254 e. The fourth-order valence-electron chi connectivity index (χ4n) is 3.80. The van der Waals surface area contributed by atoms with Gasteiger partial charge in [0.1, 0.15) is 11.8 Å². The first-order valence-corrected chi connectivity index (χ1v) is 11.0. The minimum Gasteiger partial charge on any atom is -0.493 e. The molecule has 1 atom stereocenters. The summed E-state index contributed by atoms with van der Waals surface area (Å²) in [7, 11) is 0. The lowest BCUT2D eigenvalue weighted by Crippen LogP contribution is -2.36. The maximum atomic E-state index is 13.3. The maximum absolute atomic E-state index is 13.3. The van der Waals surface area contributed by atoms with Crippen LogP contribution in [0.5, 0.6) is 5.75 Å². The van der Waals surface area contributed by atoms with Crippen molar-refractivity contribution in [2.24, 2.45) is 0 Å². The Kier molecular flexibility index (Phi) is 7.50. The Morgan fingerprint density at radius 2 is 1.87 bits per heavy atom. The molecule has 1 N–H and O–H groups in total. The number of para-hydroxylation sites is 1. The largest absolute Gasteiger partial charge is 0.493 e. The number of anilines is 1. The van der Waals surface area contributed by atoms with Gasteiger partial charge >= 0.3 is 0 Å². The van der Waals surface area contributed by atoms with Gasteiger partial charge in [0.15, 0.2) is 0 Å².